The Balaban J connectivity index is 2.46. The van der Waals surface area contributed by atoms with Crippen molar-refractivity contribution in [3.8, 4) is 5.75 Å². The fourth-order valence-corrected chi connectivity index (χ4v) is 2.63. The lowest BCUT2D eigenvalue weighted by atomic mass is 10.2. The molecule has 104 valence electrons. The van der Waals surface area contributed by atoms with E-state index in [0.717, 1.165) is 15.9 Å². The highest BCUT2D eigenvalue weighted by atomic mass is 79.9. The van der Waals surface area contributed by atoms with Crippen LogP contribution in [0.15, 0.2) is 28.9 Å². The van der Waals surface area contributed by atoms with Gasteiger partial charge < -0.3 is 8.75 Å². The van der Waals surface area contributed by atoms with Crippen LogP contribution in [-0.2, 0) is 17.2 Å². The molecule has 0 aliphatic carbocycles. The summed E-state index contributed by atoms with van der Waals surface area (Å²) in [7, 11) is -3.97. The van der Waals surface area contributed by atoms with Crippen molar-refractivity contribution in [1.82, 2.24) is 4.57 Å². The van der Waals surface area contributed by atoms with Crippen molar-refractivity contribution < 1.29 is 25.8 Å². The van der Waals surface area contributed by atoms with E-state index in [1.54, 1.807) is 17.8 Å². The SMILES string of the molecule is Cn1cc(Br)c2ccc(OS(=O)(=O)C(F)(F)F)cc21. The summed E-state index contributed by atoms with van der Waals surface area (Å²) in [5.74, 6) is -0.390. The van der Waals surface area contributed by atoms with Crippen LogP contribution < -0.4 is 4.18 Å². The number of benzene rings is 1. The van der Waals surface area contributed by atoms with Crippen LogP contribution in [0.5, 0.6) is 5.75 Å². The van der Waals surface area contributed by atoms with E-state index in [2.05, 4.69) is 20.1 Å². The number of hydrogen-bond acceptors (Lipinski definition) is 3. The van der Waals surface area contributed by atoms with Gasteiger partial charge in [0.2, 0.25) is 0 Å². The standard InChI is InChI=1S/C10H7BrF3NO3S/c1-15-5-8(11)7-3-2-6(4-9(7)15)18-19(16,17)10(12,13)14/h2-5H,1H3. The maximum absolute atomic E-state index is 12.2. The van der Waals surface area contributed by atoms with Crippen LogP contribution in [-0.4, -0.2) is 18.5 Å². The summed E-state index contributed by atoms with van der Waals surface area (Å²) in [4.78, 5) is 0. The van der Waals surface area contributed by atoms with Crippen molar-refractivity contribution in [2.75, 3.05) is 0 Å². The van der Waals surface area contributed by atoms with Gasteiger partial charge in [-0.15, -0.1) is 0 Å². The smallest absolute Gasteiger partial charge is 0.376 e. The predicted octanol–water partition coefficient (Wildman–Crippen LogP) is 3.17. The van der Waals surface area contributed by atoms with Gasteiger partial charge >= 0.3 is 15.6 Å². The molecule has 0 amide bonds. The molecule has 0 bridgehead atoms. The van der Waals surface area contributed by atoms with Gasteiger partial charge in [-0.3, -0.25) is 0 Å². The molecule has 0 saturated heterocycles. The zero-order chi connectivity index (χ0) is 14.4. The Hall–Kier alpha value is -1.22. The first-order valence-corrected chi connectivity index (χ1v) is 7.07. The molecule has 0 unspecified atom stereocenters. The van der Waals surface area contributed by atoms with Crippen molar-refractivity contribution >= 4 is 37.0 Å². The van der Waals surface area contributed by atoms with Crippen LogP contribution in [0.4, 0.5) is 13.2 Å². The lowest BCUT2D eigenvalue weighted by molar-refractivity contribution is -0.0500. The highest BCUT2D eigenvalue weighted by molar-refractivity contribution is 9.10. The number of fused-ring (bicyclic) bond motifs is 1. The second-order valence-electron chi connectivity index (χ2n) is 3.75. The Morgan fingerprint density at radius 3 is 2.53 bits per heavy atom. The highest BCUT2D eigenvalue weighted by Gasteiger charge is 2.48. The van der Waals surface area contributed by atoms with E-state index in [1.165, 1.54) is 12.1 Å². The van der Waals surface area contributed by atoms with Gasteiger partial charge in [0.1, 0.15) is 5.75 Å². The minimum Gasteiger partial charge on any atom is -0.376 e. The molecular formula is C10H7BrF3NO3S. The van der Waals surface area contributed by atoms with Gasteiger partial charge in [0.05, 0.1) is 5.52 Å². The minimum atomic E-state index is -5.65. The summed E-state index contributed by atoms with van der Waals surface area (Å²) in [5, 5.41) is 0.735. The third-order valence-corrected chi connectivity index (χ3v) is 4.01. The molecule has 1 aromatic heterocycles. The molecular weight excluding hydrogens is 351 g/mol. The van der Waals surface area contributed by atoms with Gasteiger partial charge in [0.15, 0.2) is 0 Å². The zero-order valence-electron chi connectivity index (χ0n) is 9.40. The number of aryl methyl sites for hydroxylation is 1. The van der Waals surface area contributed by atoms with Crippen molar-refractivity contribution in [2.45, 2.75) is 5.51 Å². The molecule has 19 heavy (non-hydrogen) atoms. The van der Waals surface area contributed by atoms with Crippen molar-refractivity contribution in [1.29, 1.82) is 0 Å². The van der Waals surface area contributed by atoms with E-state index < -0.39 is 21.4 Å². The number of halogens is 4. The highest BCUT2D eigenvalue weighted by Crippen LogP contribution is 2.31. The van der Waals surface area contributed by atoms with Crippen LogP contribution in [0.3, 0.4) is 0 Å². The Morgan fingerprint density at radius 1 is 1.32 bits per heavy atom. The average molecular weight is 358 g/mol. The number of aromatic nitrogens is 1. The predicted molar refractivity (Wildman–Crippen MR) is 66.2 cm³/mol. The first kappa shape index (κ1) is 14.2. The molecule has 0 radical (unpaired) electrons. The lowest BCUT2D eigenvalue weighted by Gasteiger charge is -2.09. The van der Waals surface area contributed by atoms with Crippen LogP contribution in [0, 0.1) is 0 Å². The van der Waals surface area contributed by atoms with Gasteiger partial charge in [-0.25, -0.2) is 0 Å². The molecule has 1 aromatic carbocycles. The van der Waals surface area contributed by atoms with Crippen LogP contribution in [0.25, 0.3) is 10.9 Å². The van der Waals surface area contributed by atoms with E-state index in [4.69, 9.17) is 0 Å². The van der Waals surface area contributed by atoms with E-state index in [9.17, 15) is 21.6 Å². The second-order valence-corrected chi connectivity index (χ2v) is 6.14. The molecule has 9 heteroatoms. The van der Waals surface area contributed by atoms with Crippen LogP contribution in [0.1, 0.15) is 0 Å². The first-order valence-electron chi connectivity index (χ1n) is 4.87. The largest absolute Gasteiger partial charge is 0.534 e. The molecule has 0 atom stereocenters. The summed E-state index contributed by atoms with van der Waals surface area (Å²) in [6.45, 7) is 0. The van der Waals surface area contributed by atoms with E-state index in [0.29, 0.717) is 5.52 Å². The zero-order valence-corrected chi connectivity index (χ0v) is 11.8. The summed E-state index contributed by atoms with van der Waals surface area (Å²) in [6.07, 6.45) is 1.70. The number of nitrogens with zero attached hydrogens (tertiary/aromatic N) is 1. The maximum Gasteiger partial charge on any atom is 0.534 e. The van der Waals surface area contributed by atoms with E-state index >= 15 is 0 Å². The molecule has 0 fully saturated rings. The van der Waals surface area contributed by atoms with E-state index in [1.807, 2.05) is 0 Å². The molecule has 2 aromatic rings. The molecule has 4 nitrogen and oxygen atoms in total. The third kappa shape index (κ3) is 2.57. The lowest BCUT2D eigenvalue weighted by Crippen LogP contribution is -2.28. The molecule has 0 aliphatic heterocycles. The summed E-state index contributed by atoms with van der Waals surface area (Å²) in [6, 6.07) is 3.86. The Kier molecular flexibility index (Phi) is 3.29. The quantitative estimate of drug-likeness (QED) is 0.612. The monoisotopic (exact) mass is 357 g/mol. The summed E-state index contributed by atoms with van der Waals surface area (Å²) < 4.78 is 64.8. The van der Waals surface area contributed by atoms with Gasteiger partial charge in [-0.1, -0.05) is 0 Å². The topological polar surface area (TPSA) is 48.3 Å². The fraction of sp³-hybridized carbons (Fsp3) is 0.200. The Morgan fingerprint density at radius 2 is 1.95 bits per heavy atom. The van der Waals surface area contributed by atoms with Gasteiger partial charge in [-0.2, -0.15) is 21.6 Å². The van der Waals surface area contributed by atoms with Crippen LogP contribution in [0.2, 0.25) is 0 Å². The minimum absolute atomic E-state index is 0.390. The van der Waals surface area contributed by atoms with Crippen molar-refractivity contribution in [3.63, 3.8) is 0 Å². The molecule has 1 heterocycles. The number of alkyl halides is 3. The number of rotatable bonds is 2. The van der Waals surface area contributed by atoms with Crippen LogP contribution >= 0.6 is 15.9 Å². The average Bonchev–Trinajstić information content (AvgIpc) is 2.52. The second kappa shape index (κ2) is 4.41. The Labute approximate surface area is 115 Å². The third-order valence-electron chi connectivity index (χ3n) is 2.40. The molecule has 0 spiro atoms. The van der Waals surface area contributed by atoms with Gasteiger partial charge in [-0.05, 0) is 28.1 Å². The molecule has 0 saturated carbocycles. The Bertz CT molecular complexity index is 736. The first-order chi connectivity index (χ1) is 8.62. The molecule has 0 aliphatic rings. The van der Waals surface area contributed by atoms with Gasteiger partial charge in [0, 0.05) is 29.2 Å². The summed E-state index contributed by atoms with van der Waals surface area (Å²) in [5.41, 5.74) is -4.90. The van der Waals surface area contributed by atoms with Crippen molar-refractivity contribution in [2.24, 2.45) is 7.05 Å². The molecule has 0 N–H and O–H groups in total. The number of hydrogen-bond donors (Lipinski definition) is 0. The maximum atomic E-state index is 12.2. The normalized spacial score (nSPS) is 12.9. The summed E-state index contributed by atoms with van der Waals surface area (Å²) >= 11 is 3.28. The van der Waals surface area contributed by atoms with Gasteiger partial charge in [0.25, 0.3) is 0 Å². The van der Waals surface area contributed by atoms with E-state index in [-0.39, 0.29) is 0 Å². The molecule has 2 rings (SSSR count). The van der Waals surface area contributed by atoms with Crippen molar-refractivity contribution in [3.05, 3.63) is 28.9 Å². The fourth-order valence-electron chi connectivity index (χ4n) is 1.54.